The van der Waals surface area contributed by atoms with E-state index >= 15 is 0 Å². The summed E-state index contributed by atoms with van der Waals surface area (Å²) in [5, 5.41) is 20.0. The highest BCUT2D eigenvalue weighted by molar-refractivity contribution is 5.91. The molecule has 0 radical (unpaired) electrons. The fourth-order valence-electron chi connectivity index (χ4n) is 2.84. The minimum atomic E-state index is -0.735. The van der Waals surface area contributed by atoms with Gasteiger partial charge in [0, 0.05) is 12.6 Å². The van der Waals surface area contributed by atoms with Crippen LogP contribution in [0.5, 0.6) is 0 Å². The van der Waals surface area contributed by atoms with E-state index in [1.807, 2.05) is 0 Å². The fraction of sp³-hybridized carbons (Fsp3) is 0.375. The Morgan fingerprint density at radius 1 is 1.57 bits per heavy atom. The van der Waals surface area contributed by atoms with E-state index in [9.17, 15) is 10.2 Å². The average Bonchev–Trinajstić information content (AvgIpc) is 3.07. The van der Waals surface area contributed by atoms with Crippen molar-refractivity contribution in [2.24, 2.45) is 0 Å². The number of aromatic nitrogens is 3. The van der Waals surface area contributed by atoms with Crippen LogP contribution in [0, 0.1) is 11.8 Å². The van der Waals surface area contributed by atoms with Crippen molar-refractivity contribution < 1.29 is 14.9 Å². The molecule has 0 amide bonds. The molecule has 4 N–H and O–H groups in total. The molecule has 2 aromatic rings. The molecule has 2 aromatic heterocycles. The summed E-state index contributed by atoms with van der Waals surface area (Å²) in [6.07, 6.45) is 1.95. The monoisotopic (exact) mass is 314 g/mol. The van der Waals surface area contributed by atoms with E-state index < -0.39 is 18.4 Å². The van der Waals surface area contributed by atoms with Crippen LogP contribution < -0.4 is 5.73 Å². The number of anilines is 1. The number of hydrogen-bond acceptors (Lipinski definition) is 6. The molecular formula is C16H18N4O3. The van der Waals surface area contributed by atoms with Crippen molar-refractivity contribution >= 4 is 23.1 Å². The summed E-state index contributed by atoms with van der Waals surface area (Å²) in [6.45, 7) is 5.26. The molecule has 3 heterocycles. The number of hydrogen-bond donors (Lipinski definition) is 3. The van der Waals surface area contributed by atoms with Gasteiger partial charge >= 0.3 is 0 Å². The minimum absolute atomic E-state index is 0.125. The third kappa shape index (κ3) is 2.57. The molecule has 3 atom stereocenters. The Kier molecular flexibility index (Phi) is 4.05. The van der Waals surface area contributed by atoms with Crippen molar-refractivity contribution in [3.63, 3.8) is 0 Å². The van der Waals surface area contributed by atoms with E-state index in [1.165, 1.54) is 0 Å². The van der Waals surface area contributed by atoms with Gasteiger partial charge in [0.2, 0.25) is 5.95 Å². The van der Waals surface area contributed by atoms with Gasteiger partial charge < -0.3 is 25.3 Å². The lowest BCUT2D eigenvalue weighted by Crippen LogP contribution is -2.24. The zero-order valence-corrected chi connectivity index (χ0v) is 12.7. The van der Waals surface area contributed by atoms with Crippen molar-refractivity contribution in [1.82, 2.24) is 14.5 Å². The Morgan fingerprint density at radius 3 is 2.96 bits per heavy atom. The molecule has 3 rings (SSSR count). The molecular weight excluding hydrogens is 296 g/mol. The number of nitrogens with zero attached hydrogens (tertiary/aromatic N) is 3. The van der Waals surface area contributed by atoms with Crippen LogP contribution in [0.2, 0.25) is 0 Å². The predicted molar refractivity (Wildman–Crippen MR) is 86.2 cm³/mol. The van der Waals surface area contributed by atoms with Crippen LogP contribution in [-0.4, -0.2) is 43.6 Å². The molecule has 7 heteroatoms. The quantitative estimate of drug-likeness (QED) is 0.719. The number of ether oxygens (including phenoxy) is 1. The first-order valence-electron chi connectivity index (χ1n) is 7.26. The Hall–Kier alpha value is -2.40. The topological polar surface area (TPSA) is 106 Å². The molecule has 1 fully saturated rings. The fourth-order valence-corrected chi connectivity index (χ4v) is 2.84. The van der Waals surface area contributed by atoms with E-state index in [-0.39, 0.29) is 12.6 Å². The summed E-state index contributed by atoms with van der Waals surface area (Å²) >= 11 is 0. The maximum atomic E-state index is 9.96. The van der Waals surface area contributed by atoms with Crippen LogP contribution in [-0.2, 0) is 4.74 Å². The normalized spacial score (nSPS) is 23.7. The van der Waals surface area contributed by atoms with Gasteiger partial charge in [-0.1, -0.05) is 12.5 Å². The SMILES string of the molecule is C=Cc1nc(N)nc2c1c(C#CC)cn2[C@H]1C[C@H](O)[C@@H](CO)O1. The van der Waals surface area contributed by atoms with Crippen molar-refractivity contribution in [1.29, 1.82) is 0 Å². The lowest BCUT2D eigenvalue weighted by molar-refractivity contribution is -0.0430. The lowest BCUT2D eigenvalue weighted by Gasteiger charge is -2.14. The van der Waals surface area contributed by atoms with Crippen molar-refractivity contribution in [3.05, 3.63) is 24.0 Å². The van der Waals surface area contributed by atoms with Crippen LogP contribution >= 0.6 is 0 Å². The van der Waals surface area contributed by atoms with Crippen LogP contribution in [0.1, 0.15) is 30.8 Å². The number of nitrogen functional groups attached to an aromatic ring is 1. The number of fused-ring (bicyclic) bond motifs is 1. The molecule has 0 unspecified atom stereocenters. The molecule has 0 aromatic carbocycles. The zero-order valence-electron chi connectivity index (χ0n) is 12.7. The first-order valence-corrected chi connectivity index (χ1v) is 7.26. The molecule has 0 bridgehead atoms. The molecule has 0 spiro atoms. The van der Waals surface area contributed by atoms with Crippen molar-refractivity contribution in [2.75, 3.05) is 12.3 Å². The Balaban J connectivity index is 2.19. The summed E-state index contributed by atoms with van der Waals surface area (Å²) in [5.74, 6) is 6.00. The molecule has 1 aliphatic heterocycles. The Bertz CT molecular complexity index is 818. The average molecular weight is 314 g/mol. The number of aliphatic hydroxyl groups is 2. The summed E-state index contributed by atoms with van der Waals surface area (Å²) in [7, 11) is 0. The second-order valence-corrected chi connectivity index (χ2v) is 5.31. The van der Waals surface area contributed by atoms with Gasteiger partial charge in [0.05, 0.1) is 29.4 Å². The van der Waals surface area contributed by atoms with E-state index in [0.717, 1.165) is 10.9 Å². The molecule has 0 aliphatic carbocycles. The van der Waals surface area contributed by atoms with E-state index in [0.29, 0.717) is 17.8 Å². The Labute approximate surface area is 133 Å². The first kappa shape index (κ1) is 15.5. The summed E-state index contributed by atoms with van der Waals surface area (Å²) in [4.78, 5) is 8.48. The van der Waals surface area contributed by atoms with Gasteiger partial charge in [0.1, 0.15) is 18.0 Å². The van der Waals surface area contributed by atoms with Gasteiger partial charge in [-0.15, -0.1) is 5.92 Å². The predicted octanol–water partition coefficient (Wildman–Crippen LogP) is 0.669. The van der Waals surface area contributed by atoms with E-state index in [2.05, 4.69) is 28.4 Å². The summed E-state index contributed by atoms with van der Waals surface area (Å²) in [6, 6.07) is 0. The van der Waals surface area contributed by atoms with Gasteiger partial charge in [-0.2, -0.15) is 4.98 Å². The van der Waals surface area contributed by atoms with E-state index in [4.69, 9.17) is 10.5 Å². The number of aliphatic hydroxyl groups excluding tert-OH is 2. The third-order valence-electron chi connectivity index (χ3n) is 3.86. The van der Waals surface area contributed by atoms with Gasteiger partial charge in [0.15, 0.2) is 0 Å². The van der Waals surface area contributed by atoms with Crippen molar-refractivity contribution in [3.8, 4) is 11.8 Å². The maximum Gasteiger partial charge on any atom is 0.222 e. The van der Waals surface area contributed by atoms with Gasteiger partial charge in [-0.05, 0) is 13.0 Å². The molecule has 1 saturated heterocycles. The zero-order chi connectivity index (χ0) is 16.6. The molecule has 120 valence electrons. The highest BCUT2D eigenvalue weighted by Crippen LogP contribution is 2.34. The van der Waals surface area contributed by atoms with E-state index in [1.54, 1.807) is 23.8 Å². The highest BCUT2D eigenvalue weighted by atomic mass is 16.5. The first-order chi connectivity index (χ1) is 11.1. The summed E-state index contributed by atoms with van der Waals surface area (Å²) in [5.41, 5.74) is 7.69. The van der Waals surface area contributed by atoms with Crippen LogP contribution in [0.15, 0.2) is 12.8 Å². The van der Waals surface area contributed by atoms with Gasteiger partial charge in [0.25, 0.3) is 0 Å². The lowest BCUT2D eigenvalue weighted by atomic mass is 10.2. The third-order valence-corrected chi connectivity index (χ3v) is 3.86. The van der Waals surface area contributed by atoms with Crippen molar-refractivity contribution in [2.45, 2.75) is 31.8 Å². The smallest absolute Gasteiger partial charge is 0.222 e. The maximum absolute atomic E-state index is 9.96. The number of nitrogens with two attached hydrogens (primary N) is 1. The van der Waals surface area contributed by atoms with Gasteiger partial charge in [-0.25, -0.2) is 4.98 Å². The molecule has 7 nitrogen and oxygen atoms in total. The van der Waals surface area contributed by atoms with Crippen LogP contribution in [0.4, 0.5) is 5.95 Å². The highest BCUT2D eigenvalue weighted by Gasteiger charge is 2.35. The summed E-state index contributed by atoms with van der Waals surface area (Å²) < 4.78 is 7.49. The van der Waals surface area contributed by atoms with Crippen LogP contribution in [0.25, 0.3) is 17.1 Å². The minimum Gasteiger partial charge on any atom is -0.394 e. The molecule has 1 aliphatic rings. The largest absolute Gasteiger partial charge is 0.394 e. The molecule has 23 heavy (non-hydrogen) atoms. The molecule has 0 saturated carbocycles. The van der Waals surface area contributed by atoms with Crippen LogP contribution in [0.3, 0.4) is 0 Å². The standard InChI is InChI=1S/C16H18N4O3/c1-3-5-9-7-20(13-6-11(22)12(8-21)23-13)15-14(9)10(4-2)18-16(17)19-15/h4,7,11-13,21-22H,2,6,8H2,1H3,(H2,17,18,19)/t11-,12+,13+/m0/s1. The van der Waals surface area contributed by atoms with Gasteiger partial charge in [-0.3, -0.25) is 0 Å². The second kappa shape index (κ2) is 6.01. The number of rotatable bonds is 3. The second-order valence-electron chi connectivity index (χ2n) is 5.31. The Morgan fingerprint density at radius 2 is 2.35 bits per heavy atom.